The van der Waals surface area contributed by atoms with E-state index < -0.39 is 15.6 Å². The smallest absolute Gasteiger partial charge is 0.250 e. The summed E-state index contributed by atoms with van der Waals surface area (Å²) in [5.41, 5.74) is 0.300. The molecule has 0 amide bonds. The Hall–Kier alpha value is -0.400. The first-order valence-electron chi connectivity index (χ1n) is 7.44. The highest BCUT2D eigenvalue weighted by Gasteiger charge is 2.36. The quantitative estimate of drug-likeness (QED) is 0.725. The minimum atomic E-state index is -3.56. The fourth-order valence-electron chi connectivity index (χ4n) is 2.90. The minimum Gasteiger partial charge on any atom is -0.392 e. The van der Waals surface area contributed by atoms with Crippen molar-refractivity contribution in [1.29, 1.82) is 0 Å². The third-order valence-corrected chi connectivity index (χ3v) is 7.46. The van der Waals surface area contributed by atoms with Crippen LogP contribution in [-0.2, 0) is 10.0 Å². The van der Waals surface area contributed by atoms with Crippen molar-refractivity contribution in [3.05, 3.63) is 28.6 Å². The van der Waals surface area contributed by atoms with Crippen LogP contribution in [0.5, 0.6) is 0 Å². The highest BCUT2D eigenvalue weighted by Crippen LogP contribution is 2.35. The predicted octanol–water partition coefficient (Wildman–Crippen LogP) is 3.71. The maximum absolute atomic E-state index is 12.6. The Morgan fingerprint density at radius 2 is 2.05 bits per heavy atom. The van der Waals surface area contributed by atoms with Gasteiger partial charge in [-0.05, 0) is 37.8 Å². The van der Waals surface area contributed by atoms with Crippen molar-refractivity contribution in [1.82, 2.24) is 4.72 Å². The van der Waals surface area contributed by atoms with Crippen molar-refractivity contribution < 1.29 is 13.5 Å². The molecule has 124 valence electrons. The van der Waals surface area contributed by atoms with Crippen LogP contribution in [0.3, 0.4) is 0 Å². The molecule has 0 unspecified atom stereocenters. The summed E-state index contributed by atoms with van der Waals surface area (Å²) >= 11 is 6.92. The number of hydrogen-bond donors (Lipinski definition) is 2. The molecule has 0 aliphatic heterocycles. The Bertz CT molecular complexity index is 618. The molecule has 2 rings (SSSR count). The molecule has 1 aromatic rings. The zero-order valence-electron chi connectivity index (χ0n) is 12.5. The molecule has 0 spiro atoms. The summed E-state index contributed by atoms with van der Waals surface area (Å²) in [6.45, 7) is 3.75. The lowest BCUT2D eigenvalue weighted by atomic mass is 9.79. The maximum atomic E-state index is 12.6. The van der Waals surface area contributed by atoms with E-state index in [2.05, 4.69) is 11.3 Å². The van der Waals surface area contributed by atoms with Gasteiger partial charge in [0.25, 0.3) is 10.0 Å². The van der Waals surface area contributed by atoms with Crippen LogP contribution in [0.4, 0.5) is 0 Å². The molecule has 1 aliphatic rings. The highest BCUT2D eigenvalue weighted by atomic mass is 35.5. The molecule has 1 aliphatic carbocycles. The first kappa shape index (κ1) is 17.9. The van der Waals surface area contributed by atoms with Crippen LogP contribution in [0.25, 0.3) is 0 Å². The number of halogens is 1. The highest BCUT2D eigenvalue weighted by molar-refractivity contribution is 7.91. The Kier molecular flexibility index (Phi) is 6.07. The van der Waals surface area contributed by atoms with Gasteiger partial charge < -0.3 is 5.11 Å². The average Bonchev–Trinajstić information content (AvgIpc) is 2.93. The number of nitrogens with one attached hydrogen (secondary N) is 1. The molecule has 0 atom stereocenters. The van der Waals surface area contributed by atoms with Gasteiger partial charge >= 0.3 is 0 Å². The van der Waals surface area contributed by atoms with E-state index in [1.165, 1.54) is 0 Å². The lowest BCUT2D eigenvalue weighted by Crippen LogP contribution is -2.49. The van der Waals surface area contributed by atoms with E-state index in [9.17, 15) is 8.42 Å². The number of hydrogen-bond acceptors (Lipinski definition) is 4. The van der Waals surface area contributed by atoms with E-state index >= 15 is 0 Å². The van der Waals surface area contributed by atoms with Crippen molar-refractivity contribution in [2.24, 2.45) is 0 Å². The normalized spacial score (nSPS) is 18.3. The molecular formula is C15H22ClNO3S2. The Balaban J connectivity index is 2.17. The minimum absolute atomic E-state index is 0.0522. The van der Waals surface area contributed by atoms with E-state index in [1.54, 1.807) is 12.1 Å². The molecule has 4 nitrogen and oxygen atoms in total. The van der Waals surface area contributed by atoms with Gasteiger partial charge in [0.2, 0.25) is 0 Å². The molecule has 1 fully saturated rings. The van der Waals surface area contributed by atoms with Crippen LogP contribution in [0.15, 0.2) is 28.5 Å². The van der Waals surface area contributed by atoms with E-state index in [0.29, 0.717) is 17.2 Å². The molecule has 7 heteroatoms. The van der Waals surface area contributed by atoms with Gasteiger partial charge in [0.15, 0.2) is 0 Å². The Morgan fingerprint density at radius 1 is 1.36 bits per heavy atom. The first-order valence-corrected chi connectivity index (χ1v) is 10.1. The van der Waals surface area contributed by atoms with Crippen molar-refractivity contribution in [2.45, 2.75) is 54.7 Å². The zero-order chi connectivity index (χ0) is 16.2. The average molecular weight is 364 g/mol. The van der Waals surface area contributed by atoms with Gasteiger partial charge in [-0.3, -0.25) is 0 Å². The largest absolute Gasteiger partial charge is 0.392 e. The second kappa shape index (κ2) is 7.45. The lowest BCUT2D eigenvalue weighted by Gasteiger charge is -2.38. The molecule has 1 saturated carbocycles. The van der Waals surface area contributed by atoms with Crippen LogP contribution in [0, 0.1) is 0 Å². The molecule has 2 N–H and O–H groups in total. The van der Waals surface area contributed by atoms with Gasteiger partial charge in [0.1, 0.15) is 4.21 Å². The summed E-state index contributed by atoms with van der Waals surface area (Å²) in [6, 6.07) is 3.14. The van der Waals surface area contributed by atoms with E-state index in [4.69, 9.17) is 16.7 Å². The van der Waals surface area contributed by atoms with Gasteiger partial charge in [-0.2, -0.15) is 0 Å². The third-order valence-electron chi connectivity index (χ3n) is 4.16. The molecule has 0 bridgehead atoms. The van der Waals surface area contributed by atoms with Crippen molar-refractivity contribution in [3.8, 4) is 0 Å². The standard InChI is InChI=1S/C15H22ClNO3S2/c1-12(11-18)7-10-15(8-3-2-4-9-15)17-22(19,20)14-6-5-13(16)21-14/h5-6,17-18H,1-4,7-11H2. The topological polar surface area (TPSA) is 66.4 Å². The van der Waals surface area contributed by atoms with E-state index in [0.717, 1.165) is 49.0 Å². The number of aliphatic hydroxyl groups excluding tert-OH is 1. The molecule has 0 aromatic carbocycles. The zero-order valence-corrected chi connectivity index (χ0v) is 14.9. The number of sulfonamides is 1. The van der Waals surface area contributed by atoms with E-state index in [1.807, 2.05) is 0 Å². The molecule has 0 radical (unpaired) electrons. The summed E-state index contributed by atoms with van der Waals surface area (Å²) in [7, 11) is -3.56. The Morgan fingerprint density at radius 3 is 2.59 bits per heavy atom. The second-order valence-electron chi connectivity index (χ2n) is 5.91. The lowest BCUT2D eigenvalue weighted by molar-refractivity contribution is 0.246. The second-order valence-corrected chi connectivity index (χ2v) is 9.54. The summed E-state index contributed by atoms with van der Waals surface area (Å²) in [5.74, 6) is 0. The van der Waals surface area contributed by atoms with Gasteiger partial charge in [0.05, 0.1) is 10.9 Å². The summed E-state index contributed by atoms with van der Waals surface area (Å²) in [4.78, 5) is 0. The van der Waals surface area contributed by atoms with Crippen LogP contribution < -0.4 is 4.72 Å². The van der Waals surface area contributed by atoms with Gasteiger partial charge in [0, 0.05) is 5.54 Å². The van der Waals surface area contributed by atoms with Gasteiger partial charge in [-0.1, -0.05) is 43.0 Å². The fourth-order valence-corrected chi connectivity index (χ4v) is 5.88. The van der Waals surface area contributed by atoms with Crippen molar-refractivity contribution in [2.75, 3.05) is 6.61 Å². The predicted molar refractivity (Wildman–Crippen MR) is 90.9 cm³/mol. The van der Waals surface area contributed by atoms with Crippen molar-refractivity contribution in [3.63, 3.8) is 0 Å². The van der Waals surface area contributed by atoms with Gasteiger partial charge in [-0.15, -0.1) is 11.3 Å². The van der Waals surface area contributed by atoms with Crippen LogP contribution in [0.1, 0.15) is 44.9 Å². The van der Waals surface area contributed by atoms with Gasteiger partial charge in [-0.25, -0.2) is 13.1 Å². The maximum Gasteiger partial charge on any atom is 0.250 e. The molecule has 0 saturated heterocycles. The molecule has 1 aromatic heterocycles. The molecular weight excluding hydrogens is 342 g/mol. The SMILES string of the molecule is C=C(CO)CCC1(NS(=O)(=O)c2ccc(Cl)s2)CCCCC1. The van der Waals surface area contributed by atoms with Crippen LogP contribution in [0.2, 0.25) is 4.34 Å². The summed E-state index contributed by atoms with van der Waals surface area (Å²) < 4.78 is 28.8. The number of aliphatic hydroxyl groups is 1. The molecule has 22 heavy (non-hydrogen) atoms. The first-order chi connectivity index (χ1) is 10.4. The summed E-state index contributed by atoms with van der Waals surface area (Å²) in [5, 5.41) is 9.11. The monoisotopic (exact) mass is 363 g/mol. The fraction of sp³-hybridized carbons (Fsp3) is 0.600. The third kappa shape index (κ3) is 4.55. The number of rotatable bonds is 7. The van der Waals surface area contributed by atoms with Crippen LogP contribution >= 0.6 is 22.9 Å². The molecule has 1 heterocycles. The van der Waals surface area contributed by atoms with E-state index in [-0.39, 0.29) is 10.8 Å². The van der Waals surface area contributed by atoms with Crippen molar-refractivity contribution >= 4 is 33.0 Å². The Labute approximate surface area is 141 Å². The van der Waals surface area contributed by atoms with Crippen LogP contribution in [-0.4, -0.2) is 25.7 Å². The summed E-state index contributed by atoms with van der Waals surface area (Å²) in [6.07, 6.45) is 6.11. The number of thiophene rings is 1.